The second-order valence-electron chi connectivity index (χ2n) is 4.29. The first-order valence-electron chi connectivity index (χ1n) is 6.24. The van der Waals surface area contributed by atoms with Crippen molar-refractivity contribution in [2.24, 2.45) is 0 Å². The molecule has 0 spiro atoms. The van der Waals surface area contributed by atoms with Crippen LogP contribution in [0.25, 0.3) is 0 Å². The van der Waals surface area contributed by atoms with Gasteiger partial charge in [-0.25, -0.2) is 4.79 Å². The van der Waals surface area contributed by atoms with E-state index in [-0.39, 0.29) is 5.56 Å². The van der Waals surface area contributed by atoms with Crippen LogP contribution in [0.1, 0.15) is 21.8 Å². The van der Waals surface area contributed by atoms with Gasteiger partial charge in [0.15, 0.2) is 0 Å². The number of carbonyl (C=O) groups is 1. The maximum atomic E-state index is 10.8. The Kier molecular flexibility index (Phi) is 4.73. The highest BCUT2D eigenvalue weighted by atomic mass is 16.5. The quantitative estimate of drug-likeness (QED) is 0.751. The SMILES string of the molecule is Cc1cc(CNCCOc2cccc(C(=O)O)c2)no1. The number of aromatic carboxylic acids is 1. The molecule has 0 unspecified atom stereocenters. The van der Waals surface area contributed by atoms with E-state index in [1.54, 1.807) is 12.1 Å². The first-order valence-corrected chi connectivity index (χ1v) is 6.24. The molecule has 2 rings (SSSR count). The first-order chi connectivity index (χ1) is 9.65. The number of carboxylic acid groups (broad SMARTS) is 1. The van der Waals surface area contributed by atoms with Gasteiger partial charge in [-0.2, -0.15) is 0 Å². The highest BCUT2D eigenvalue weighted by Crippen LogP contribution is 2.12. The molecule has 6 heteroatoms. The van der Waals surface area contributed by atoms with Crippen molar-refractivity contribution >= 4 is 5.97 Å². The molecule has 0 aliphatic heterocycles. The molecule has 1 aromatic heterocycles. The topological polar surface area (TPSA) is 84.6 Å². The molecule has 0 atom stereocenters. The van der Waals surface area contributed by atoms with Gasteiger partial charge in [0.05, 0.1) is 11.3 Å². The van der Waals surface area contributed by atoms with Crippen LogP contribution in [0.5, 0.6) is 5.75 Å². The molecule has 0 bridgehead atoms. The fourth-order valence-corrected chi connectivity index (χ4v) is 1.68. The van der Waals surface area contributed by atoms with Gasteiger partial charge in [0.2, 0.25) is 0 Å². The van der Waals surface area contributed by atoms with E-state index in [0.29, 0.717) is 25.4 Å². The van der Waals surface area contributed by atoms with E-state index in [2.05, 4.69) is 10.5 Å². The average Bonchev–Trinajstić information content (AvgIpc) is 2.84. The second kappa shape index (κ2) is 6.72. The number of aromatic nitrogens is 1. The monoisotopic (exact) mass is 276 g/mol. The lowest BCUT2D eigenvalue weighted by molar-refractivity contribution is 0.0696. The number of carboxylic acids is 1. The van der Waals surface area contributed by atoms with Crippen molar-refractivity contribution in [1.82, 2.24) is 10.5 Å². The average molecular weight is 276 g/mol. The summed E-state index contributed by atoms with van der Waals surface area (Å²) >= 11 is 0. The fraction of sp³-hybridized carbons (Fsp3) is 0.286. The largest absolute Gasteiger partial charge is 0.492 e. The van der Waals surface area contributed by atoms with Crippen LogP contribution >= 0.6 is 0 Å². The minimum Gasteiger partial charge on any atom is -0.492 e. The number of nitrogens with one attached hydrogen (secondary N) is 1. The van der Waals surface area contributed by atoms with E-state index in [1.807, 2.05) is 13.0 Å². The van der Waals surface area contributed by atoms with Crippen molar-refractivity contribution in [3.8, 4) is 5.75 Å². The summed E-state index contributed by atoms with van der Waals surface area (Å²) in [5.74, 6) is 0.363. The number of ether oxygens (including phenoxy) is 1. The number of benzene rings is 1. The summed E-state index contributed by atoms with van der Waals surface area (Å²) in [4.78, 5) is 10.8. The molecule has 20 heavy (non-hydrogen) atoms. The van der Waals surface area contributed by atoms with Gasteiger partial charge >= 0.3 is 5.97 Å². The highest BCUT2D eigenvalue weighted by molar-refractivity contribution is 5.87. The Morgan fingerprint density at radius 2 is 2.30 bits per heavy atom. The predicted octanol–water partition coefficient (Wildman–Crippen LogP) is 1.85. The van der Waals surface area contributed by atoms with Crippen LogP contribution in [0.15, 0.2) is 34.9 Å². The third-order valence-corrected chi connectivity index (χ3v) is 2.61. The van der Waals surface area contributed by atoms with Gasteiger partial charge in [-0.1, -0.05) is 11.2 Å². The van der Waals surface area contributed by atoms with Gasteiger partial charge in [-0.15, -0.1) is 0 Å². The third kappa shape index (κ3) is 4.10. The summed E-state index contributed by atoms with van der Waals surface area (Å²) in [6.45, 7) is 3.52. The molecular formula is C14H16N2O4. The molecule has 1 heterocycles. The first kappa shape index (κ1) is 14.1. The molecule has 0 radical (unpaired) electrons. The zero-order valence-corrected chi connectivity index (χ0v) is 11.1. The summed E-state index contributed by atoms with van der Waals surface area (Å²) in [5, 5.41) is 15.9. The second-order valence-corrected chi connectivity index (χ2v) is 4.29. The van der Waals surface area contributed by atoms with Crippen molar-refractivity contribution in [3.63, 3.8) is 0 Å². The van der Waals surface area contributed by atoms with E-state index >= 15 is 0 Å². The van der Waals surface area contributed by atoms with Crippen molar-refractivity contribution in [2.45, 2.75) is 13.5 Å². The summed E-state index contributed by atoms with van der Waals surface area (Å²) in [5.41, 5.74) is 1.06. The zero-order chi connectivity index (χ0) is 14.4. The maximum Gasteiger partial charge on any atom is 0.335 e. The van der Waals surface area contributed by atoms with E-state index < -0.39 is 5.97 Å². The van der Waals surface area contributed by atoms with Crippen LogP contribution in [0, 0.1) is 6.92 Å². The molecule has 0 aliphatic carbocycles. The van der Waals surface area contributed by atoms with E-state index in [0.717, 1.165) is 11.5 Å². The standard InChI is InChI=1S/C14H16N2O4/c1-10-7-12(16-20-10)9-15-5-6-19-13-4-2-3-11(8-13)14(17)18/h2-4,7-8,15H,5-6,9H2,1H3,(H,17,18). The molecule has 0 saturated carbocycles. The van der Waals surface area contributed by atoms with Crippen LogP contribution in [-0.2, 0) is 6.54 Å². The van der Waals surface area contributed by atoms with E-state index in [1.165, 1.54) is 12.1 Å². The Morgan fingerprint density at radius 3 is 3.00 bits per heavy atom. The van der Waals surface area contributed by atoms with E-state index in [9.17, 15) is 4.79 Å². The van der Waals surface area contributed by atoms with Crippen LogP contribution in [0.3, 0.4) is 0 Å². The molecule has 2 aromatic rings. The van der Waals surface area contributed by atoms with Crippen LogP contribution < -0.4 is 10.1 Å². The van der Waals surface area contributed by atoms with Crippen LogP contribution in [-0.4, -0.2) is 29.4 Å². The smallest absolute Gasteiger partial charge is 0.335 e. The normalized spacial score (nSPS) is 10.4. The van der Waals surface area contributed by atoms with Gasteiger partial charge < -0.3 is 19.7 Å². The lowest BCUT2D eigenvalue weighted by Gasteiger charge is -2.07. The number of rotatable bonds is 7. The van der Waals surface area contributed by atoms with Gasteiger partial charge in [0.25, 0.3) is 0 Å². The molecular weight excluding hydrogens is 260 g/mol. The summed E-state index contributed by atoms with van der Waals surface area (Å²) in [6, 6.07) is 8.28. The highest BCUT2D eigenvalue weighted by Gasteiger charge is 2.03. The minimum absolute atomic E-state index is 0.216. The zero-order valence-electron chi connectivity index (χ0n) is 11.1. The Bertz CT molecular complexity index is 580. The number of aryl methyl sites for hydroxylation is 1. The molecule has 0 fully saturated rings. The van der Waals surface area contributed by atoms with Crippen LogP contribution in [0.4, 0.5) is 0 Å². The van der Waals surface area contributed by atoms with Gasteiger partial charge in [0, 0.05) is 19.2 Å². The molecule has 0 amide bonds. The fourth-order valence-electron chi connectivity index (χ4n) is 1.68. The van der Waals surface area contributed by atoms with Gasteiger partial charge in [-0.3, -0.25) is 0 Å². The van der Waals surface area contributed by atoms with Crippen molar-refractivity contribution in [2.75, 3.05) is 13.2 Å². The summed E-state index contributed by atoms with van der Waals surface area (Å²) in [7, 11) is 0. The Morgan fingerprint density at radius 1 is 1.45 bits per heavy atom. The predicted molar refractivity (Wildman–Crippen MR) is 71.8 cm³/mol. The Hall–Kier alpha value is -2.34. The third-order valence-electron chi connectivity index (χ3n) is 2.61. The van der Waals surface area contributed by atoms with Gasteiger partial charge in [-0.05, 0) is 25.1 Å². The molecule has 2 N–H and O–H groups in total. The summed E-state index contributed by atoms with van der Waals surface area (Å²) < 4.78 is 10.4. The van der Waals surface area contributed by atoms with Crippen molar-refractivity contribution in [1.29, 1.82) is 0 Å². The molecule has 6 nitrogen and oxygen atoms in total. The molecule has 106 valence electrons. The number of nitrogens with zero attached hydrogens (tertiary/aromatic N) is 1. The molecule has 0 saturated heterocycles. The lowest BCUT2D eigenvalue weighted by atomic mass is 10.2. The Labute approximate surface area is 116 Å². The van der Waals surface area contributed by atoms with Crippen molar-refractivity contribution < 1.29 is 19.2 Å². The molecule has 0 aliphatic rings. The van der Waals surface area contributed by atoms with Crippen LogP contribution in [0.2, 0.25) is 0 Å². The number of hydrogen-bond donors (Lipinski definition) is 2. The van der Waals surface area contributed by atoms with Crippen molar-refractivity contribution in [3.05, 3.63) is 47.3 Å². The van der Waals surface area contributed by atoms with Gasteiger partial charge in [0.1, 0.15) is 18.1 Å². The minimum atomic E-state index is -0.963. The lowest BCUT2D eigenvalue weighted by Crippen LogP contribution is -2.20. The van der Waals surface area contributed by atoms with E-state index in [4.69, 9.17) is 14.4 Å². The maximum absolute atomic E-state index is 10.8. The molecule has 1 aromatic carbocycles. The number of hydrogen-bond acceptors (Lipinski definition) is 5. The Balaban J connectivity index is 1.70. The summed E-state index contributed by atoms with van der Waals surface area (Å²) in [6.07, 6.45) is 0.